The lowest BCUT2D eigenvalue weighted by Crippen LogP contribution is -2.19. The van der Waals surface area contributed by atoms with Crippen LogP contribution in [0.3, 0.4) is 0 Å². The second-order valence-corrected chi connectivity index (χ2v) is 13.1. The molecule has 0 spiro atoms. The quantitative estimate of drug-likeness (QED) is 0.195. The maximum absolute atomic E-state index is 15.1. The van der Waals surface area contributed by atoms with E-state index in [0.717, 1.165) is 16.7 Å². The van der Waals surface area contributed by atoms with Gasteiger partial charge in [-0.15, -0.1) is 0 Å². The van der Waals surface area contributed by atoms with Gasteiger partial charge in [-0.1, -0.05) is 64.5 Å². The van der Waals surface area contributed by atoms with Gasteiger partial charge in [0.1, 0.15) is 0 Å². The third kappa shape index (κ3) is 7.13. The molecule has 3 rings (SSSR count). The topological polar surface area (TPSA) is 78.9 Å². The van der Waals surface area contributed by atoms with Gasteiger partial charge in [-0.3, -0.25) is 4.57 Å². The van der Waals surface area contributed by atoms with Gasteiger partial charge >= 0.3 is 13.3 Å². The zero-order valence-corrected chi connectivity index (χ0v) is 23.9. The number of hydrogen-bond acceptors (Lipinski definition) is 6. The molecule has 11 heteroatoms. The van der Waals surface area contributed by atoms with E-state index >= 15 is 8.78 Å². The lowest BCUT2D eigenvalue weighted by atomic mass is 10.0. The second kappa shape index (κ2) is 12.3. The summed E-state index contributed by atoms with van der Waals surface area (Å²) in [5.41, 5.74) is -1.14. The molecule has 0 N–H and O–H groups in total. The summed E-state index contributed by atoms with van der Waals surface area (Å²) in [6.45, 7) is 3.04. The molecule has 0 saturated carbocycles. The molecule has 37 heavy (non-hydrogen) atoms. The van der Waals surface area contributed by atoms with E-state index in [1.54, 1.807) is 18.2 Å². The molecule has 3 aromatic rings. The Bertz CT molecular complexity index is 1370. The van der Waals surface area contributed by atoms with E-state index in [9.17, 15) is 13.0 Å². The third-order valence-corrected chi connectivity index (χ3v) is 9.28. The molecule has 0 saturated heterocycles. The Morgan fingerprint density at radius 2 is 1.46 bits per heavy atom. The first-order chi connectivity index (χ1) is 17.4. The fourth-order valence-electron chi connectivity index (χ4n) is 3.57. The van der Waals surface area contributed by atoms with Gasteiger partial charge in [0, 0.05) is 16.3 Å². The number of alkyl halides is 2. The SMILES string of the molecule is CCOP(=O)(OCC)C(F)(F)c1ccc(COCc2ccc(-c3cccc(S(C)(=O)=O)c3)cc2)cc1Br. The zero-order chi connectivity index (χ0) is 27.3. The van der Waals surface area contributed by atoms with E-state index < -0.39 is 28.7 Å². The van der Waals surface area contributed by atoms with Crippen molar-refractivity contribution in [1.29, 1.82) is 0 Å². The largest absolute Gasteiger partial charge is 0.404 e. The Kier molecular flexibility index (Phi) is 9.83. The van der Waals surface area contributed by atoms with Crippen LogP contribution in [0.5, 0.6) is 0 Å². The second-order valence-electron chi connectivity index (χ2n) is 8.18. The summed E-state index contributed by atoms with van der Waals surface area (Å²) in [5, 5.41) is 0. The number of ether oxygens (including phenoxy) is 1. The molecule has 0 bridgehead atoms. The van der Waals surface area contributed by atoms with E-state index in [1.807, 2.05) is 30.3 Å². The number of sulfone groups is 1. The first kappa shape index (κ1) is 29.6. The van der Waals surface area contributed by atoms with Crippen molar-refractivity contribution in [1.82, 2.24) is 0 Å². The average Bonchev–Trinajstić information content (AvgIpc) is 2.84. The molecule has 3 aromatic carbocycles. The Balaban J connectivity index is 1.66. The predicted molar refractivity (Wildman–Crippen MR) is 142 cm³/mol. The molecule has 0 aromatic heterocycles. The zero-order valence-electron chi connectivity index (χ0n) is 20.6. The van der Waals surface area contributed by atoms with Crippen LogP contribution in [0.4, 0.5) is 8.78 Å². The monoisotopic (exact) mass is 616 g/mol. The van der Waals surface area contributed by atoms with Crippen molar-refractivity contribution in [3.63, 3.8) is 0 Å². The Morgan fingerprint density at radius 3 is 2.03 bits per heavy atom. The van der Waals surface area contributed by atoms with E-state index in [2.05, 4.69) is 15.9 Å². The Labute approximate surface area is 224 Å². The molecule has 0 atom stereocenters. The minimum absolute atomic E-state index is 0.0684. The van der Waals surface area contributed by atoms with Crippen LogP contribution in [0.1, 0.15) is 30.5 Å². The molecule has 0 aliphatic rings. The van der Waals surface area contributed by atoms with E-state index in [0.29, 0.717) is 5.56 Å². The summed E-state index contributed by atoms with van der Waals surface area (Å²) in [4.78, 5) is 0.256. The number of rotatable bonds is 12. The molecular weight excluding hydrogens is 589 g/mol. The molecule has 0 heterocycles. The van der Waals surface area contributed by atoms with Crippen molar-refractivity contribution in [2.24, 2.45) is 0 Å². The maximum Gasteiger partial charge on any atom is 0.404 e. The lowest BCUT2D eigenvalue weighted by Gasteiger charge is -2.26. The fourth-order valence-corrected chi connectivity index (χ4v) is 6.63. The summed E-state index contributed by atoms with van der Waals surface area (Å²) in [6.07, 6.45) is 1.17. The van der Waals surface area contributed by atoms with Crippen molar-refractivity contribution >= 4 is 33.4 Å². The number of benzene rings is 3. The van der Waals surface area contributed by atoms with Crippen LogP contribution in [0.25, 0.3) is 11.1 Å². The highest BCUT2D eigenvalue weighted by atomic mass is 79.9. The van der Waals surface area contributed by atoms with Crippen LogP contribution in [0.2, 0.25) is 0 Å². The van der Waals surface area contributed by atoms with Crippen LogP contribution in [0, 0.1) is 0 Å². The van der Waals surface area contributed by atoms with E-state index in [4.69, 9.17) is 13.8 Å². The highest BCUT2D eigenvalue weighted by Crippen LogP contribution is 2.67. The van der Waals surface area contributed by atoms with Crippen molar-refractivity contribution in [2.75, 3.05) is 19.5 Å². The molecular formula is C26H28BrF2O6PS. The molecule has 0 amide bonds. The Hall–Kier alpha value is -1.94. The molecule has 6 nitrogen and oxygen atoms in total. The van der Waals surface area contributed by atoms with Crippen molar-refractivity contribution in [2.45, 2.75) is 37.6 Å². The van der Waals surface area contributed by atoms with Crippen LogP contribution in [-0.2, 0) is 47.1 Å². The minimum atomic E-state index is -4.71. The maximum atomic E-state index is 15.1. The first-order valence-electron chi connectivity index (χ1n) is 11.4. The fraction of sp³-hybridized carbons (Fsp3) is 0.308. The van der Waals surface area contributed by atoms with E-state index in [1.165, 1.54) is 38.3 Å². The van der Waals surface area contributed by atoms with Crippen LogP contribution >= 0.6 is 23.5 Å². The third-order valence-electron chi connectivity index (χ3n) is 5.39. The van der Waals surface area contributed by atoms with Crippen molar-refractivity contribution in [3.8, 4) is 11.1 Å². The number of halogens is 3. The first-order valence-corrected chi connectivity index (χ1v) is 15.7. The minimum Gasteiger partial charge on any atom is -0.372 e. The van der Waals surface area contributed by atoms with Crippen LogP contribution < -0.4 is 0 Å². The highest BCUT2D eigenvalue weighted by molar-refractivity contribution is 9.10. The van der Waals surface area contributed by atoms with Gasteiger partial charge in [-0.25, -0.2) is 8.42 Å². The van der Waals surface area contributed by atoms with Gasteiger partial charge in [-0.2, -0.15) is 8.78 Å². The highest BCUT2D eigenvalue weighted by Gasteiger charge is 2.55. The summed E-state index contributed by atoms with van der Waals surface area (Å²) in [6, 6.07) is 18.4. The van der Waals surface area contributed by atoms with Gasteiger partial charge < -0.3 is 13.8 Å². The Morgan fingerprint density at radius 1 is 0.865 bits per heavy atom. The normalized spacial score (nSPS) is 12.6. The molecule has 0 radical (unpaired) electrons. The van der Waals surface area contributed by atoms with Crippen molar-refractivity contribution in [3.05, 3.63) is 87.9 Å². The molecule has 0 fully saturated rings. The predicted octanol–water partition coefficient (Wildman–Crippen LogP) is 7.55. The lowest BCUT2D eigenvalue weighted by molar-refractivity contribution is 0.0354. The van der Waals surface area contributed by atoms with Gasteiger partial charge in [0.25, 0.3) is 0 Å². The van der Waals surface area contributed by atoms with Gasteiger partial charge in [0.15, 0.2) is 9.84 Å². The molecule has 200 valence electrons. The van der Waals surface area contributed by atoms with Gasteiger partial charge in [0.2, 0.25) is 0 Å². The van der Waals surface area contributed by atoms with Crippen LogP contribution in [-0.4, -0.2) is 27.9 Å². The molecule has 0 aliphatic heterocycles. The summed E-state index contributed by atoms with van der Waals surface area (Å²) >= 11 is 3.16. The smallest absolute Gasteiger partial charge is 0.372 e. The molecule has 0 unspecified atom stereocenters. The number of hydrogen-bond donors (Lipinski definition) is 0. The standard InChI is InChI=1S/C26H28BrF2O6PS/c1-4-34-36(30,35-5-2)26(28,29)24-14-11-20(15-25(24)27)18-33-17-19-9-12-21(13-10-19)22-7-6-8-23(16-22)37(3,31)32/h6-16H,4-5,17-18H2,1-3H3. The molecule has 0 aliphatic carbocycles. The summed E-state index contributed by atoms with van der Waals surface area (Å²) in [7, 11) is -8.01. The average molecular weight is 617 g/mol. The summed E-state index contributed by atoms with van der Waals surface area (Å²) < 4.78 is 82.0. The van der Waals surface area contributed by atoms with Gasteiger partial charge in [0.05, 0.1) is 31.3 Å². The van der Waals surface area contributed by atoms with Gasteiger partial charge in [-0.05, 0) is 54.3 Å². The summed E-state index contributed by atoms with van der Waals surface area (Å²) in [5.74, 6) is 0. The van der Waals surface area contributed by atoms with E-state index in [-0.39, 0.29) is 35.8 Å². The van der Waals surface area contributed by atoms with Crippen molar-refractivity contribution < 1.29 is 35.5 Å². The van der Waals surface area contributed by atoms with Crippen LogP contribution in [0.15, 0.2) is 76.1 Å².